The van der Waals surface area contributed by atoms with E-state index in [9.17, 15) is 4.79 Å². The number of hydrogen-bond donors (Lipinski definition) is 0. The standard InChI is InChI=1S/C27H30N4O3/c32-27(25-18-28-29-34-25)31-16-10-19-4-1-2-6-22(19)24(31)11-15-30-13-8-20(9-14-30)23-7-3-5-21-12-17-33-26(21)23/h1-7,18,20,24H,8-17H2. The lowest BCUT2D eigenvalue weighted by Gasteiger charge is -2.39. The van der Waals surface area contributed by atoms with Gasteiger partial charge in [-0.1, -0.05) is 42.5 Å². The molecule has 6 rings (SSSR count). The fourth-order valence-corrected chi connectivity index (χ4v) is 5.94. The lowest BCUT2D eigenvalue weighted by atomic mass is 9.87. The van der Waals surface area contributed by atoms with Crippen LogP contribution in [0.4, 0.5) is 0 Å². The maximum atomic E-state index is 13.2. The second-order valence-electron chi connectivity index (χ2n) is 9.58. The van der Waals surface area contributed by atoms with Crippen LogP contribution in [0.1, 0.15) is 64.0 Å². The largest absolute Gasteiger partial charge is 0.493 e. The molecular weight excluding hydrogens is 428 g/mol. The van der Waals surface area contributed by atoms with Crippen molar-refractivity contribution < 1.29 is 14.1 Å². The Morgan fingerprint density at radius 1 is 0.971 bits per heavy atom. The molecule has 3 aromatic rings. The zero-order valence-corrected chi connectivity index (χ0v) is 19.4. The van der Waals surface area contributed by atoms with E-state index in [0.29, 0.717) is 12.5 Å². The van der Waals surface area contributed by atoms with Gasteiger partial charge in [-0.3, -0.25) is 4.79 Å². The summed E-state index contributed by atoms with van der Waals surface area (Å²) in [6.45, 7) is 4.61. The van der Waals surface area contributed by atoms with Gasteiger partial charge in [0.2, 0.25) is 5.76 Å². The van der Waals surface area contributed by atoms with Crippen molar-refractivity contribution in [2.24, 2.45) is 0 Å². The monoisotopic (exact) mass is 458 g/mol. The second-order valence-corrected chi connectivity index (χ2v) is 9.58. The average Bonchev–Trinajstić information content (AvgIpc) is 3.59. The first-order valence-corrected chi connectivity index (χ1v) is 12.4. The van der Waals surface area contributed by atoms with Crippen LogP contribution in [0.15, 0.2) is 53.2 Å². The summed E-state index contributed by atoms with van der Waals surface area (Å²) < 4.78 is 11.1. The molecule has 1 saturated heterocycles. The predicted molar refractivity (Wildman–Crippen MR) is 127 cm³/mol. The molecular formula is C27H30N4O3. The summed E-state index contributed by atoms with van der Waals surface area (Å²) in [6.07, 6.45) is 6.49. The summed E-state index contributed by atoms with van der Waals surface area (Å²) in [5, 5.41) is 7.19. The summed E-state index contributed by atoms with van der Waals surface area (Å²) in [5.74, 6) is 1.80. The first kappa shape index (κ1) is 21.4. The fourth-order valence-electron chi connectivity index (χ4n) is 5.94. The Kier molecular flexibility index (Phi) is 5.79. The maximum absolute atomic E-state index is 13.2. The highest BCUT2D eigenvalue weighted by Crippen LogP contribution is 2.39. The molecule has 0 N–H and O–H groups in total. The topological polar surface area (TPSA) is 71.7 Å². The number of para-hydroxylation sites is 1. The SMILES string of the molecule is O=C(c1cnno1)N1CCc2ccccc2C1CCN1CCC(c2cccc3c2OCC3)CC1. The number of hydrogen-bond acceptors (Lipinski definition) is 6. The Morgan fingerprint density at radius 3 is 2.65 bits per heavy atom. The maximum Gasteiger partial charge on any atom is 0.294 e. The summed E-state index contributed by atoms with van der Waals surface area (Å²) >= 11 is 0. The number of benzene rings is 2. The third kappa shape index (κ3) is 3.98. The molecule has 3 aliphatic heterocycles. The van der Waals surface area contributed by atoms with Crippen LogP contribution in [0.3, 0.4) is 0 Å². The van der Waals surface area contributed by atoms with E-state index >= 15 is 0 Å². The molecule has 0 radical (unpaired) electrons. The van der Waals surface area contributed by atoms with Gasteiger partial charge in [-0.05, 0) is 66.9 Å². The van der Waals surface area contributed by atoms with E-state index in [2.05, 4.69) is 57.7 Å². The second kappa shape index (κ2) is 9.22. The highest BCUT2D eigenvalue weighted by atomic mass is 16.5. The predicted octanol–water partition coefficient (Wildman–Crippen LogP) is 4.01. The van der Waals surface area contributed by atoms with E-state index in [0.717, 1.165) is 64.1 Å². The summed E-state index contributed by atoms with van der Waals surface area (Å²) in [6, 6.07) is 15.2. The minimum Gasteiger partial charge on any atom is -0.493 e. The van der Waals surface area contributed by atoms with Gasteiger partial charge in [-0.15, -0.1) is 5.10 Å². The van der Waals surface area contributed by atoms with Crippen LogP contribution in [-0.4, -0.2) is 58.9 Å². The van der Waals surface area contributed by atoms with Gasteiger partial charge < -0.3 is 19.1 Å². The van der Waals surface area contributed by atoms with Crippen molar-refractivity contribution in [2.45, 2.75) is 44.1 Å². The van der Waals surface area contributed by atoms with Crippen LogP contribution in [-0.2, 0) is 12.8 Å². The van der Waals surface area contributed by atoms with Gasteiger partial charge in [-0.2, -0.15) is 0 Å². The molecule has 0 spiro atoms. The Balaban J connectivity index is 1.13. The lowest BCUT2D eigenvalue weighted by molar-refractivity contribution is 0.0588. The van der Waals surface area contributed by atoms with Gasteiger partial charge in [0.1, 0.15) is 11.9 Å². The highest BCUT2D eigenvalue weighted by Gasteiger charge is 2.33. The molecule has 4 heterocycles. The molecule has 176 valence electrons. The van der Waals surface area contributed by atoms with Crippen molar-refractivity contribution in [2.75, 3.05) is 32.8 Å². The van der Waals surface area contributed by atoms with Crippen LogP contribution in [0.25, 0.3) is 0 Å². The van der Waals surface area contributed by atoms with Gasteiger partial charge in [0.25, 0.3) is 5.91 Å². The Bertz CT molecular complexity index is 1150. The van der Waals surface area contributed by atoms with E-state index in [-0.39, 0.29) is 17.7 Å². The number of amides is 1. The number of ether oxygens (including phenoxy) is 1. The first-order valence-electron chi connectivity index (χ1n) is 12.4. The van der Waals surface area contributed by atoms with Crippen LogP contribution >= 0.6 is 0 Å². The normalized spacial score (nSPS) is 20.6. The first-order chi connectivity index (χ1) is 16.8. The molecule has 1 unspecified atom stereocenters. The zero-order chi connectivity index (χ0) is 22.9. The van der Waals surface area contributed by atoms with Crippen molar-refractivity contribution in [3.8, 4) is 5.75 Å². The molecule has 7 heteroatoms. The van der Waals surface area contributed by atoms with E-state index in [1.165, 1.54) is 28.5 Å². The number of likely N-dealkylation sites (tertiary alicyclic amines) is 1. The highest BCUT2D eigenvalue weighted by molar-refractivity contribution is 5.91. The molecule has 0 aliphatic carbocycles. The summed E-state index contributed by atoms with van der Waals surface area (Å²) in [4.78, 5) is 17.7. The van der Waals surface area contributed by atoms with Gasteiger partial charge in [0.15, 0.2) is 0 Å². The van der Waals surface area contributed by atoms with Gasteiger partial charge in [-0.25, -0.2) is 0 Å². The minimum atomic E-state index is -0.124. The Morgan fingerprint density at radius 2 is 1.79 bits per heavy atom. The number of carbonyl (C=O) groups is 1. The fraction of sp³-hybridized carbons (Fsp3) is 0.444. The van der Waals surface area contributed by atoms with Crippen molar-refractivity contribution in [1.82, 2.24) is 20.2 Å². The van der Waals surface area contributed by atoms with Gasteiger partial charge in [0, 0.05) is 24.8 Å². The van der Waals surface area contributed by atoms with Crippen LogP contribution < -0.4 is 4.74 Å². The van der Waals surface area contributed by atoms with E-state index in [1.807, 2.05) is 4.90 Å². The minimum absolute atomic E-state index is 0.0334. The molecule has 1 atom stereocenters. The number of carbonyl (C=O) groups excluding carboxylic acids is 1. The number of aromatic nitrogens is 2. The smallest absolute Gasteiger partial charge is 0.294 e. The van der Waals surface area contributed by atoms with Crippen LogP contribution in [0, 0.1) is 0 Å². The molecule has 1 aromatic heterocycles. The molecule has 1 fully saturated rings. The Labute approximate surface area is 199 Å². The molecule has 7 nitrogen and oxygen atoms in total. The van der Waals surface area contributed by atoms with Gasteiger partial charge >= 0.3 is 0 Å². The van der Waals surface area contributed by atoms with E-state index in [1.54, 1.807) is 0 Å². The quantitative estimate of drug-likeness (QED) is 0.575. The number of nitrogens with zero attached hydrogens (tertiary/aromatic N) is 4. The van der Waals surface area contributed by atoms with Crippen LogP contribution in [0.5, 0.6) is 5.75 Å². The van der Waals surface area contributed by atoms with Gasteiger partial charge in [0.05, 0.1) is 12.6 Å². The molecule has 0 bridgehead atoms. The molecule has 2 aromatic carbocycles. The Hall–Kier alpha value is -3.19. The summed E-state index contributed by atoms with van der Waals surface area (Å²) in [5.41, 5.74) is 5.35. The average molecular weight is 459 g/mol. The molecule has 1 amide bonds. The molecule has 3 aliphatic rings. The van der Waals surface area contributed by atoms with Crippen molar-refractivity contribution in [1.29, 1.82) is 0 Å². The number of piperidine rings is 1. The number of fused-ring (bicyclic) bond motifs is 2. The molecule has 34 heavy (non-hydrogen) atoms. The van der Waals surface area contributed by atoms with Crippen LogP contribution in [0.2, 0.25) is 0 Å². The summed E-state index contributed by atoms with van der Waals surface area (Å²) in [7, 11) is 0. The third-order valence-electron chi connectivity index (χ3n) is 7.74. The van der Waals surface area contributed by atoms with Crippen molar-refractivity contribution in [3.63, 3.8) is 0 Å². The van der Waals surface area contributed by atoms with E-state index in [4.69, 9.17) is 9.26 Å². The molecule has 0 saturated carbocycles. The third-order valence-corrected chi connectivity index (χ3v) is 7.74. The van der Waals surface area contributed by atoms with Crippen molar-refractivity contribution in [3.05, 3.63) is 76.7 Å². The lowest BCUT2D eigenvalue weighted by Crippen LogP contribution is -2.42. The zero-order valence-electron chi connectivity index (χ0n) is 19.4. The number of rotatable bonds is 5. The van der Waals surface area contributed by atoms with Crippen molar-refractivity contribution >= 4 is 5.91 Å². The van der Waals surface area contributed by atoms with E-state index < -0.39 is 0 Å².